The summed E-state index contributed by atoms with van der Waals surface area (Å²) in [6.45, 7) is 11.0. The lowest BCUT2D eigenvalue weighted by molar-refractivity contribution is 0.101. The number of carbonyl (C=O) groups excluding carboxylic acids is 1. The van der Waals surface area contributed by atoms with Crippen LogP contribution in [0.15, 0.2) is 30.4 Å². The first kappa shape index (κ1) is 15.4. The topological polar surface area (TPSA) is 35.5 Å². The van der Waals surface area contributed by atoms with Gasteiger partial charge in [0.1, 0.15) is 5.75 Å². The molecule has 0 fully saturated rings. The van der Waals surface area contributed by atoms with Gasteiger partial charge in [-0.05, 0) is 45.4 Å². The summed E-state index contributed by atoms with van der Waals surface area (Å²) in [4.78, 5) is 11.4. The Morgan fingerprint density at radius 3 is 2.63 bits per heavy atom. The van der Waals surface area contributed by atoms with E-state index in [0.29, 0.717) is 25.4 Å². The van der Waals surface area contributed by atoms with Crippen molar-refractivity contribution in [1.29, 1.82) is 0 Å². The summed E-state index contributed by atoms with van der Waals surface area (Å²) in [6.07, 6.45) is 0.844. The second-order valence-electron chi connectivity index (χ2n) is 4.57. The average molecular weight is 262 g/mol. The van der Waals surface area contributed by atoms with E-state index in [1.807, 2.05) is 26.0 Å². The van der Waals surface area contributed by atoms with Crippen LogP contribution in [0.1, 0.15) is 43.1 Å². The van der Waals surface area contributed by atoms with Crippen molar-refractivity contribution < 1.29 is 14.3 Å². The second-order valence-corrected chi connectivity index (χ2v) is 4.57. The monoisotopic (exact) mass is 262 g/mol. The third-order valence-corrected chi connectivity index (χ3v) is 2.70. The number of carbonyl (C=O) groups is 1. The van der Waals surface area contributed by atoms with Crippen molar-refractivity contribution in [3.05, 3.63) is 41.5 Å². The molecule has 0 aromatic heterocycles. The van der Waals surface area contributed by atoms with E-state index < -0.39 is 0 Å². The van der Waals surface area contributed by atoms with E-state index in [1.165, 1.54) is 0 Å². The predicted molar refractivity (Wildman–Crippen MR) is 76.7 cm³/mol. The molecule has 0 N–H and O–H groups in total. The van der Waals surface area contributed by atoms with E-state index in [2.05, 4.69) is 6.58 Å². The lowest BCUT2D eigenvalue weighted by Crippen LogP contribution is -2.03. The molecule has 0 bridgehead atoms. The van der Waals surface area contributed by atoms with Crippen molar-refractivity contribution in [3.8, 4) is 5.75 Å². The van der Waals surface area contributed by atoms with Crippen LogP contribution in [0.4, 0.5) is 0 Å². The van der Waals surface area contributed by atoms with Crippen LogP contribution in [0.25, 0.3) is 0 Å². The molecule has 0 aliphatic heterocycles. The molecule has 0 spiro atoms. The number of benzene rings is 1. The number of hydrogen-bond donors (Lipinski definition) is 0. The first-order valence-electron chi connectivity index (χ1n) is 6.53. The van der Waals surface area contributed by atoms with Crippen molar-refractivity contribution in [2.24, 2.45) is 0 Å². The summed E-state index contributed by atoms with van der Waals surface area (Å²) in [6, 6.07) is 5.45. The fourth-order valence-corrected chi connectivity index (χ4v) is 1.64. The second kappa shape index (κ2) is 7.74. The molecule has 1 rings (SSSR count). The molecule has 0 saturated carbocycles. The van der Waals surface area contributed by atoms with Gasteiger partial charge in [-0.3, -0.25) is 4.79 Å². The van der Waals surface area contributed by atoms with Gasteiger partial charge in [-0.25, -0.2) is 0 Å². The molecule has 1 aromatic carbocycles. The minimum atomic E-state index is 0.0474. The highest BCUT2D eigenvalue weighted by atomic mass is 16.5. The number of ketones is 1. The zero-order chi connectivity index (χ0) is 14.3. The van der Waals surface area contributed by atoms with Crippen LogP contribution in [0, 0.1) is 0 Å². The van der Waals surface area contributed by atoms with Gasteiger partial charge in [0.05, 0.1) is 19.8 Å². The van der Waals surface area contributed by atoms with E-state index in [-0.39, 0.29) is 5.78 Å². The largest absolute Gasteiger partial charge is 0.494 e. The molecule has 104 valence electrons. The summed E-state index contributed by atoms with van der Waals surface area (Å²) >= 11 is 0. The first-order valence-corrected chi connectivity index (χ1v) is 6.53. The van der Waals surface area contributed by atoms with E-state index in [4.69, 9.17) is 9.47 Å². The van der Waals surface area contributed by atoms with Crippen LogP contribution in [0.3, 0.4) is 0 Å². The van der Waals surface area contributed by atoms with Gasteiger partial charge in [0.25, 0.3) is 0 Å². The first-order chi connectivity index (χ1) is 9.04. The summed E-state index contributed by atoms with van der Waals surface area (Å²) in [7, 11) is 0. The third kappa shape index (κ3) is 5.26. The van der Waals surface area contributed by atoms with Gasteiger partial charge >= 0.3 is 0 Å². The number of hydrogen-bond acceptors (Lipinski definition) is 3. The van der Waals surface area contributed by atoms with Crippen LogP contribution >= 0.6 is 0 Å². The van der Waals surface area contributed by atoms with Gasteiger partial charge in [0.2, 0.25) is 0 Å². The molecular formula is C16H22O3. The molecule has 1 aromatic rings. The quantitative estimate of drug-likeness (QED) is 0.406. The van der Waals surface area contributed by atoms with E-state index >= 15 is 0 Å². The van der Waals surface area contributed by atoms with E-state index in [1.54, 1.807) is 13.0 Å². The number of Topliss-reactive ketones (excluding diaryl/α,β-unsaturated/α-hetero) is 1. The molecule has 19 heavy (non-hydrogen) atoms. The van der Waals surface area contributed by atoms with Crippen LogP contribution in [0.2, 0.25) is 0 Å². The highest BCUT2D eigenvalue weighted by molar-refractivity contribution is 5.94. The molecule has 0 amide bonds. The molecule has 0 atom stereocenters. The molecule has 0 saturated heterocycles. The van der Waals surface area contributed by atoms with Crippen LogP contribution in [-0.2, 0) is 11.3 Å². The van der Waals surface area contributed by atoms with Crippen molar-refractivity contribution in [2.45, 2.75) is 33.8 Å². The van der Waals surface area contributed by atoms with E-state index in [9.17, 15) is 4.79 Å². The molecule has 0 aliphatic rings. The molecular weight excluding hydrogens is 240 g/mol. The summed E-state index contributed by atoms with van der Waals surface area (Å²) in [5, 5.41) is 0. The highest BCUT2D eigenvalue weighted by Crippen LogP contribution is 2.21. The molecule has 0 radical (unpaired) electrons. The van der Waals surface area contributed by atoms with Gasteiger partial charge < -0.3 is 9.47 Å². The Balaban J connectivity index is 2.73. The Labute approximate surface area is 115 Å². The molecule has 0 heterocycles. The fraction of sp³-hybridized carbons (Fsp3) is 0.438. The minimum Gasteiger partial charge on any atom is -0.494 e. The van der Waals surface area contributed by atoms with Gasteiger partial charge in [-0.15, -0.1) is 6.58 Å². The van der Waals surface area contributed by atoms with Gasteiger partial charge in [-0.1, -0.05) is 5.57 Å². The summed E-state index contributed by atoms with van der Waals surface area (Å²) in [5.74, 6) is 0.828. The zero-order valence-corrected chi connectivity index (χ0v) is 12.0. The van der Waals surface area contributed by atoms with Gasteiger partial charge in [0, 0.05) is 11.1 Å². The molecule has 3 heteroatoms. The Kier molecular flexibility index (Phi) is 6.30. The normalized spacial score (nSPS) is 10.3. The van der Waals surface area contributed by atoms with E-state index in [0.717, 1.165) is 23.3 Å². The minimum absolute atomic E-state index is 0.0474. The zero-order valence-electron chi connectivity index (χ0n) is 12.0. The standard InChI is InChI=1S/C16H22O3/c1-5-19-16-7-6-14(13(4)17)10-15(16)11-18-9-8-12(2)3/h6-7,10H,2,5,8-9,11H2,1,3-4H3. The predicted octanol–water partition coefficient (Wildman–Crippen LogP) is 3.77. The number of rotatable bonds is 8. The summed E-state index contributed by atoms with van der Waals surface area (Å²) in [5.41, 5.74) is 2.70. The van der Waals surface area contributed by atoms with Crippen molar-refractivity contribution in [3.63, 3.8) is 0 Å². The van der Waals surface area contributed by atoms with Crippen molar-refractivity contribution in [1.82, 2.24) is 0 Å². The fourth-order valence-electron chi connectivity index (χ4n) is 1.64. The Morgan fingerprint density at radius 2 is 2.05 bits per heavy atom. The van der Waals surface area contributed by atoms with Gasteiger partial charge in [-0.2, -0.15) is 0 Å². The molecule has 0 unspecified atom stereocenters. The highest BCUT2D eigenvalue weighted by Gasteiger charge is 2.08. The maximum absolute atomic E-state index is 11.4. The smallest absolute Gasteiger partial charge is 0.159 e. The lowest BCUT2D eigenvalue weighted by atomic mass is 10.1. The number of ether oxygens (including phenoxy) is 2. The van der Waals surface area contributed by atoms with Crippen molar-refractivity contribution in [2.75, 3.05) is 13.2 Å². The SMILES string of the molecule is C=C(C)CCOCc1cc(C(C)=O)ccc1OCC. The Hall–Kier alpha value is -1.61. The average Bonchev–Trinajstić information content (AvgIpc) is 2.36. The van der Waals surface area contributed by atoms with Crippen LogP contribution in [-0.4, -0.2) is 19.0 Å². The van der Waals surface area contributed by atoms with Crippen molar-refractivity contribution >= 4 is 5.78 Å². The Morgan fingerprint density at radius 1 is 1.32 bits per heavy atom. The molecule has 3 nitrogen and oxygen atoms in total. The Bertz CT molecular complexity index is 449. The van der Waals surface area contributed by atoms with Crippen LogP contribution < -0.4 is 4.74 Å². The van der Waals surface area contributed by atoms with Gasteiger partial charge in [0.15, 0.2) is 5.78 Å². The molecule has 0 aliphatic carbocycles. The summed E-state index contributed by atoms with van der Waals surface area (Å²) < 4.78 is 11.1. The maximum Gasteiger partial charge on any atom is 0.159 e. The lowest BCUT2D eigenvalue weighted by Gasteiger charge is -2.12. The maximum atomic E-state index is 11.4. The third-order valence-electron chi connectivity index (χ3n) is 2.70. The van der Waals surface area contributed by atoms with Crippen LogP contribution in [0.5, 0.6) is 5.75 Å².